The summed E-state index contributed by atoms with van der Waals surface area (Å²) in [5.74, 6) is 0.958. The molecule has 0 spiro atoms. The maximum Gasteiger partial charge on any atom is 0.297 e. The van der Waals surface area contributed by atoms with Crippen molar-refractivity contribution in [2.45, 2.75) is 13.0 Å². The maximum absolute atomic E-state index is 13.8. The van der Waals surface area contributed by atoms with Crippen LogP contribution < -0.4 is 19.8 Å². The number of thiazole rings is 1. The van der Waals surface area contributed by atoms with Gasteiger partial charge in [0.2, 0.25) is 5.76 Å². The first-order valence-corrected chi connectivity index (χ1v) is 11.8. The van der Waals surface area contributed by atoms with Crippen LogP contribution >= 0.6 is 11.3 Å². The van der Waals surface area contributed by atoms with Crippen molar-refractivity contribution < 1.29 is 18.7 Å². The molecule has 1 amide bonds. The van der Waals surface area contributed by atoms with Crippen LogP contribution in [0.25, 0.3) is 21.2 Å². The molecule has 35 heavy (non-hydrogen) atoms. The molecule has 0 radical (unpaired) electrons. The Balaban J connectivity index is 1.62. The van der Waals surface area contributed by atoms with E-state index in [1.807, 2.05) is 55.5 Å². The van der Waals surface area contributed by atoms with Crippen molar-refractivity contribution in [3.8, 4) is 11.5 Å². The van der Waals surface area contributed by atoms with Crippen molar-refractivity contribution in [2.75, 3.05) is 19.1 Å². The molecule has 0 saturated carbocycles. The van der Waals surface area contributed by atoms with E-state index in [1.54, 1.807) is 31.3 Å². The van der Waals surface area contributed by atoms with Gasteiger partial charge in [0.05, 0.1) is 41.4 Å². The Bertz CT molecular complexity index is 1700. The van der Waals surface area contributed by atoms with Gasteiger partial charge in [-0.2, -0.15) is 0 Å². The molecule has 0 saturated heterocycles. The summed E-state index contributed by atoms with van der Waals surface area (Å²) in [5, 5.41) is 0.914. The molecule has 5 aromatic rings. The fourth-order valence-electron chi connectivity index (χ4n) is 4.53. The van der Waals surface area contributed by atoms with Crippen LogP contribution in [-0.4, -0.2) is 25.1 Å². The van der Waals surface area contributed by atoms with Crippen LogP contribution in [0, 0.1) is 6.92 Å². The summed E-state index contributed by atoms with van der Waals surface area (Å²) in [6, 6.07) is 17.6. The van der Waals surface area contributed by atoms with Gasteiger partial charge < -0.3 is 13.9 Å². The zero-order chi connectivity index (χ0) is 24.3. The number of carbonyl (C=O) groups excluding carboxylic acids is 1. The van der Waals surface area contributed by atoms with Gasteiger partial charge in [-0.1, -0.05) is 35.1 Å². The molecule has 3 aromatic carbocycles. The summed E-state index contributed by atoms with van der Waals surface area (Å²) < 4.78 is 17.7. The quantitative estimate of drug-likeness (QED) is 0.336. The monoisotopic (exact) mass is 484 g/mol. The van der Waals surface area contributed by atoms with Crippen LogP contribution in [0.3, 0.4) is 0 Å². The molecule has 174 valence electrons. The summed E-state index contributed by atoms with van der Waals surface area (Å²) in [7, 11) is 3.18. The van der Waals surface area contributed by atoms with Gasteiger partial charge in [-0.25, -0.2) is 4.98 Å². The van der Waals surface area contributed by atoms with E-state index >= 15 is 0 Å². The molecule has 1 aliphatic rings. The Morgan fingerprint density at radius 2 is 1.77 bits per heavy atom. The second-order valence-electron chi connectivity index (χ2n) is 8.36. The lowest BCUT2D eigenvalue weighted by molar-refractivity contribution is 0.0971. The van der Waals surface area contributed by atoms with Gasteiger partial charge in [0.25, 0.3) is 5.91 Å². The van der Waals surface area contributed by atoms with Crippen LogP contribution in [0.15, 0.2) is 69.9 Å². The number of fused-ring (bicyclic) bond motifs is 3. The van der Waals surface area contributed by atoms with Gasteiger partial charge in [-0.3, -0.25) is 14.5 Å². The van der Waals surface area contributed by atoms with Gasteiger partial charge in [0.1, 0.15) is 17.1 Å². The minimum absolute atomic E-state index is 0.0380. The number of anilines is 1. The number of ether oxygens (including phenoxy) is 2. The standard InChI is InChI=1S/C27H20N2O5S/c1-14-7-10-20-18(11-14)24(30)22-23(15-5-4-6-16(12-15)32-2)29(26(31)25(22)34-20)27-28-19-9-8-17(33-3)13-21(19)35-27/h4-13,23H,1-3H3/t23-/m0/s1. The normalized spacial score (nSPS) is 15.1. The molecule has 7 nitrogen and oxygen atoms in total. The van der Waals surface area contributed by atoms with Gasteiger partial charge in [0, 0.05) is 0 Å². The van der Waals surface area contributed by atoms with Crippen molar-refractivity contribution in [3.63, 3.8) is 0 Å². The minimum atomic E-state index is -0.712. The number of aryl methyl sites for hydroxylation is 1. The Morgan fingerprint density at radius 1 is 0.971 bits per heavy atom. The lowest BCUT2D eigenvalue weighted by Crippen LogP contribution is -2.29. The summed E-state index contributed by atoms with van der Waals surface area (Å²) in [6.45, 7) is 1.92. The van der Waals surface area contributed by atoms with Crippen molar-refractivity contribution >= 4 is 43.6 Å². The third-order valence-electron chi connectivity index (χ3n) is 6.23. The molecule has 6 rings (SSSR count). The minimum Gasteiger partial charge on any atom is -0.497 e. The molecule has 8 heteroatoms. The van der Waals surface area contributed by atoms with Crippen LogP contribution in [0.5, 0.6) is 11.5 Å². The number of methoxy groups -OCH3 is 2. The predicted molar refractivity (Wildman–Crippen MR) is 135 cm³/mol. The maximum atomic E-state index is 13.8. The molecule has 0 fully saturated rings. The molecular formula is C27H20N2O5S. The van der Waals surface area contributed by atoms with E-state index in [1.165, 1.54) is 11.3 Å². The second-order valence-corrected chi connectivity index (χ2v) is 9.37. The highest BCUT2D eigenvalue weighted by Gasteiger charge is 2.45. The molecule has 2 aromatic heterocycles. The van der Waals surface area contributed by atoms with Crippen molar-refractivity contribution in [2.24, 2.45) is 0 Å². The van der Waals surface area contributed by atoms with E-state index in [0.717, 1.165) is 21.3 Å². The van der Waals surface area contributed by atoms with Crippen LogP contribution in [0.2, 0.25) is 0 Å². The molecule has 1 atom stereocenters. The lowest BCUT2D eigenvalue weighted by atomic mass is 9.98. The Hall–Kier alpha value is -4.17. The molecule has 0 N–H and O–H groups in total. The van der Waals surface area contributed by atoms with E-state index in [2.05, 4.69) is 0 Å². The van der Waals surface area contributed by atoms with Gasteiger partial charge >= 0.3 is 0 Å². The first kappa shape index (κ1) is 21.4. The first-order chi connectivity index (χ1) is 17.0. The zero-order valence-electron chi connectivity index (χ0n) is 19.2. The van der Waals surface area contributed by atoms with E-state index in [0.29, 0.717) is 33.2 Å². The van der Waals surface area contributed by atoms with Crippen molar-refractivity contribution in [1.29, 1.82) is 0 Å². The highest BCUT2D eigenvalue weighted by atomic mass is 32.1. The Labute approximate surface area is 204 Å². The van der Waals surface area contributed by atoms with E-state index < -0.39 is 11.9 Å². The molecule has 0 aliphatic carbocycles. The van der Waals surface area contributed by atoms with Gasteiger partial charge in [-0.15, -0.1) is 0 Å². The number of nitrogens with zero attached hydrogens (tertiary/aromatic N) is 2. The highest BCUT2D eigenvalue weighted by Crippen LogP contribution is 2.44. The molecule has 0 unspecified atom stereocenters. The number of hydrogen-bond donors (Lipinski definition) is 0. The smallest absolute Gasteiger partial charge is 0.297 e. The molecule has 3 heterocycles. The summed E-state index contributed by atoms with van der Waals surface area (Å²) in [4.78, 5) is 33.9. The van der Waals surface area contributed by atoms with Crippen LogP contribution in [-0.2, 0) is 0 Å². The van der Waals surface area contributed by atoms with Crippen molar-refractivity contribution in [3.05, 3.63) is 93.3 Å². The molecule has 1 aliphatic heterocycles. The lowest BCUT2D eigenvalue weighted by Gasteiger charge is -2.22. The zero-order valence-corrected chi connectivity index (χ0v) is 20.0. The predicted octanol–water partition coefficient (Wildman–Crippen LogP) is 5.48. The van der Waals surface area contributed by atoms with Gasteiger partial charge in [0.15, 0.2) is 10.6 Å². The fourth-order valence-corrected chi connectivity index (χ4v) is 5.55. The van der Waals surface area contributed by atoms with Crippen LogP contribution in [0.1, 0.15) is 33.3 Å². The van der Waals surface area contributed by atoms with Gasteiger partial charge in [-0.05, 0) is 55.0 Å². The second kappa shape index (κ2) is 7.95. The number of amides is 1. The topological polar surface area (TPSA) is 81.9 Å². The average Bonchev–Trinajstić information content (AvgIpc) is 3.42. The van der Waals surface area contributed by atoms with E-state index in [4.69, 9.17) is 18.9 Å². The highest BCUT2D eigenvalue weighted by molar-refractivity contribution is 7.22. The summed E-state index contributed by atoms with van der Waals surface area (Å²) in [5.41, 5.74) is 2.86. The average molecular weight is 485 g/mol. The SMILES string of the molecule is COc1cccc([C@H]2c3c(oc4ccc(C)cc4c3=O)C(=O)N2c2nc3ccc(OC)cc3s2)c1. The molecule has 0 bridgehead atoms. The number of hydrogen-bond acceptors (Lipinski definition) is 7. The Morgan fingerprint density at radius 3 is 2.57 bits per heavy atom. The Kier molecular flexibility index (Phi) is 4.86. The number of aromatic nitrogens is 1. The fraction of sp³-hybridized carbons (Fsp3) is 0.148. The largest absolute Gasteiger partial charge is 0.497 e. The first-order valence-electron chi connectivity index (χ1n) is 11.0. The van der Waals surface area contributed by atoms with Crippen molar-refractivity contribution in [1.82, 2.24) is 4.98 Å². The van der Waals surface area contributed by atoms with E-state index in [9.17, 15) is 9.59 Å². The van der Waals surface area contributed by atoms with E-state index in [-0.39, 0.29) is 11.2 Å². The third-order valence-corrected chi connectivity index (χ3v) is 7.24. The number of benzene rings is 3. The number of rotatable bonds is 4. The summed E-state index contributed by atoms with van der Waals surface area (Å²) >= 11 is 1.36. The van der Waals surface area contributed by atoms with Crippen LogP contribution in [0.4, 0.5) is 5.13 Å². The number of carbonyl (C=O) groups is 1. The summed E-state index contributed by atoms with van der Waals surface area (Å²) in [6.07, 6.45) is 0. The molecular weight excluding hydrogens is 464 g/mol. The third kappa shape index (κ3) is 3.29.